The summed E-state index contributed by atoms with van der Waals surface area (Å²) < 4.78 is 10.9. The number of piperazine rings is 1. The first kappa shape index (κ1) is 25.4. The molecule has 0 unspecified atom stereocenters. The molecule has 0 radical (unpaired) electrons. The van der Waals surface area contributed by atoms with Crippen molar-refractivity contribution in [2.45, 2.75) is 12.8 Å². The third kappa shape index (κ3) is 6.70. The van der Waals surface area contributed by atoms with E-state index in [4.69, 9.17) is 9.47 Å². The van der Waals surface area contributed by atoms with Crippen molar-refractivity contribution >= 4 is 17.4 Å². The van der Waals surface area contributed by atoms with E-state index in [2.05, 4.69) is 32.6 Å². The van der Waals surface area contributed by atoms with Crippen molar-refractivity contribution in [3.05, 3.63) is 72.8 Å². The fourth-order valence-electron chi connectivity index (χ4n) is 4.56. The molecule has 190 valence electrons. The van der Waals surface area contributed by atoms with E-state index in [9.17, 15) is 4.79 Å². The second-order valence-electron chi connectivity index (χ2n) is 8.87. The Kier molecular flexibility index (Phi) is 9.05. The maximum Gasteiger partial charge on any atom is 0.319 e. The van der Waals surface area contributed by atoms with Crippen LogP contribution in [0.4, 0.5) is 16.2 Å². The Hall–Kier alpha value is -3.71. The van der Waals surface area contributed by atoms with Gasteiger partial charge in [-0.05, 0) is 55.3 Å². The van der Waals surface area contributed by atoms with Crippen LogP contribution in [-0.4, -0.2) is 64.4 Å². The Morgan fingerprint density at radius 3 is 2.19 bits per heavy atom. The molecule has 3 aromatic rings. The summed E-state index contributed by atoms with van der Waals surface area (Å²) in [6.07, 6.45) is 2.01. The number of benzene rings is 3. The number of carbonyl (C=O) groups excluding carboxylic acids is 1. The second-order valence-corrected chi connectivity index (χ2v) is 8.87. The second kappa shape index (κ2) is 12.8. The molecule has 2 amide bonds. The van der Waals surface area contributed by atoms with Gasteiger partial charge in [0, 0.05) is 44.0 Å². The standard InChI is InChI=1S/C29H36N4O3/c1-35-27-11-5-3-9-25(27)23-13-15-24(16-14-23)31-29(34)30-17-7-8-18-32-19-21-33(22-20-32)26-10-4-6-12-28(26)36-2/h3-6,9-16H,7-8,17-22H2,1-2H3,(H2,30,31,34). The number of urea groups is 1. The lowest BCUT2D eigenvalue weighted by Gasteiger charge is -2.36. The first-order chi connectivity index (χ1) is 17.7. The van der Waals surface area contributed by atoms with Crippen molar-refractivity contribution in [3.8, 4) is 22.6 Å². The highest BCUT2D eigenvalue weighted by Gasteiger charge is 2.19. The van der Waals surface area contributed by atoms with Gasteiger partial charge in [0.1, 0.15) is 11.5 Å². The number of ether oxygens (including phenoxy) is 2. The Morgan fingerprint density at radius 1 is 0.806 bits per heavy atom. The van der Waals surface area contributed by atoms with Gasteiger partial charge in [-0.3, -0.25) is 4.90 Å². The number of hydrogen-bond donors (Lipinski definition) is 2. The summed E-state index contributed by atoms with van der Waals surface area (Å²) >= 11 is 0. The van der Waals surface area contributed by atoms with E-state index in [1.165, 1.54) is 5.69 Å². The van der Waals surface area contributed by atoms with Crippen molar-refractivity contribution in [1.29, 1.82) is 0 Å². The smallest absolute Gasteiger partial charge is 0.319 e. The van der Waals surface area contributed by atoms with E-state index in [1.54, 1.807) is 14.2 Å². The molecule has 0 atom stereocenters. The average molecular weight is 489 g/mol. The maximum absolute atomic E-state index is 12.3. The van der Waals surface area contributed by atoms with Gasteiger partial charge in [-0.2, -0.15) is 0 Å². The van der Waals surface area contributed by atoms with Gasteiger partial charge in [0.05, 0.1) is 19.9 Å². The van der Waals surface area contributed by atoms with Crippen LogP contribution in [-0.2, 0) is 0 Å². The van der Waals surface area contributed by atoms with Crippen molar-refractivity contribution in [2.24, 2.45) is 0 Å². The van der Waals surface area contributed by atoms with Crippen LogP contribution in [0, 0.1) is 0 Å². The molecule has 4 rings (SSSR count). The lowest BCUT2D eigenvalue weighted by atomic mass is 10.0. The van der Waals surface area contributed by atoms with Gasteiger partial charge in [0.2, 0.25) is 0 Å². The van der Waals surface area contributed by atoms with Gasteiger partial charge < -0.3 is 25.0 Å². The summed E-state index contributed by atoms with van der Waals surface area (Å²) in [4.78, 5) is 17.2. The van der Waals surface area contributed by atoms with E-state index >= 15 is 0 Å². The zero-order valence-electron chi connectivity index (χ0n) is 21.2. The number of anilines is 2. The van der Waals surface area contributed by atoms with Crippen LogP contribution in [0.3, 0.4) is 0 Å². The number of nitrogens with one attached hydrogen (secondary N) is 2. The maximum atomic E-state index is 12.3. The Labute approximate surface area is 214 Å². The van der Waals surface area contributed by atoms with Gasteiger partial charge in [-0.1, -0.05) is 42.5 Å². The molecule has 2 N–H and O–H groups in total. The normalized spacial score (nSPS) is 13.8. The number of unbranched alkanes of at least 4 members (excludes halogenated alkanes) is 1. The van der Waals surface area contributed by atoms with Gasteiger partial charge in [0.15, 0.2) is 0 Å². The Balaban J connectivity index is 1.12. The first-order valence-electron chi connectivity index (χ1n) is 12.6. The summed E-state index contributed by atoms with van der Waals surface area (Å²) in [5, 5.41) is 5.88. The van der Waals surface area contributed by atoms with E-state index in [0.29, 0.717) is 6.54 Å². The molecular weight excluding hydrogens is 452 g/mol. The van der Waals surface area contributed by atoms with E-state index in [-0.39, 0.29) is 6.03 Å². The lowest BCUT2D eigenvalue weighted by Crippen LogP contribution is -2.46. The molecule has 3 aromatic carbocycles. The minimum absolute atomic E-state index is 0.175. The van der Waals surface area contributed by atoms with E-state index in [1.807, 2.05) is 60.7 Å². The molecule has 36 heavy (non-hydrogen) atoms. The number of para-hydroxylation sites is 3. The first-order valence-corrected chi connectivity index (χ1v) is 12.6. The summed E-state index contributed by atoms with van der Waals surface area (Å²) in [5.41, 5.74) is 4.00. The molecule has 1 saturated heterocycles. The predicted molar refractivity (Wildman–Crippen MR) is 146 cm³/mol. The number of amides is 2. The third-order valence-corrected chi connectivity index (χ3v) is 6.55. The minimum Gasteiger partial charge on any atom is -0.496 e. The van der Waals surface area contributed by atoms with E-state index < -0.39 is 0 Å². The van der Waals surface area contributed by atoms with Crippen molar-refractivity contribution < 1.29 is 14.3 Å². The van der Waals surface area contributed by atoms with Crippen LogP contribution in [0.15, 0.2) is 72.8 Å². The zero-order chi connectivity index (χ0) is 25.2. The topological polar surface area (TPSA) is 66.1 Å². The molecule has 0 aliphatic carbocycles. The highest BCUT2D eigenvalue weighted by Crippen LogP contribution is 2.30. The highest BCUT2D eigenvalue weighted by molar-refractivity contribution is 5.89. The number of rotatable bonds is 10. The van der Waals surface area contributed by atoms with Gasteiger partial charge in [-0.25, -0.2) is 4.79 Å². The van der Waals surface area contributed by atoms with Gasteiger partial charge >= 0.3 is 6.03 Å². The van der Waals surface area contributed by atoms with Crippen molar-refractivity contribution in [1.82, 2.24) is 10.2 Å². The number of hydrogen-bond acceptors (Lipinski definition) is 5. The summed E-state index contributed by atoms with van der Waals surface area (Å²) in [6.45, 7) is 5.78. The van der Waals surface area contributed by atoms with Crippen LogP contribution in [0.1, 0.15) is 12.8 Å². The average Bonchev–Trinajstić information content (AvgIpc) is 2.93. The number of nitrogens with zero attached hydrogens (tertiary/aromatic N) is 2. The fraction of sp³-hybridized carbons (Fsp3) is 0.345. The van der Waals surface area contributed by atoms with Crippen LogP contribution >= 0.6 is 0 Å². The van der Waals surface area contributed by atoms with Crippen molar-refractivity contribution in [2.75, 3.05) is 63.7 Å². The zero-order valence-corrected chi connectivity index (χ0v) is 21.2. The summed E-state index contributed by atoms with van der Waals surface area (Å²) in [6, 6.07) is 23.7. The largest absolute Gasteiger partial charge is 0.496 e. The molecule has 1 aliphatic heterocycles. The quantitative estimate of drug-likeness (QED) is 0.389. The van der Waals surface area contributed by atoms with Crippen LogP contribution in [0.2, 0.25) is 0 Å². The summed E-state index contributed by atoms with van der Waals surface area (Å²) in [7, 11) is 3.39. The monoisotopic (exact) mass is 488 g/mol. The Morgan fingerprint density at radius 2 is 1.47 bits per heavy atom. The minimum atomic E-state index is -0.175. The van der Waals surface area contributed by atoms with Crippen LogP contribution < -0.4 is 25.0 Å². The molecule has 1 fully saturated rings. The molecule has 7 nitrogen and oxygen atoms in total. The molecule has 1 aliphatic rings. The van der Waals surface area contributed by atoms with E-state index in [0.717, 1.165) is 73.9 Å². The third-order valence-electron chi connectivity index (χ3n) is 6.55. The summed E-state index contributed by atoms with van der Waals surface area (Å²) in [5.74, 6) is 1.76. The number of methoxy groups -OCH3 is 2. The molecule has 0 saturated carbocycles. The predicted octanol–water partition coefficient (Wildman–Crippen LogP) is 5.09. The lowest BCUT2D eigenvalue weighted by molar-refractivity contribution is 0.246. The SMILES string of the molecule is COc1ccccc1-c1ccc(NC(=O)NCCCCN2CCN(c3ccccc3OC)CC2)cc1. The Bertz CT molecular complexity index is 1110. The van der Waals surface area contributed by atoms with Crippen molar-refractivity contribution in [3.63, 3.8) is 0 Å². The molecule has 0 spiro atoms. The molecule has 7 heteroatoms. The van der Waals surface area contributed by atoms with Gasteiger partial charge in [-0.15, -0.1) is 0 Å². The highest BCUT2D eigenvalue weighted by atomic mass is 16.5. The fourth-order valence-corrected chi connectivity index (χ4v) is 4.56. The molecule has 0 aromatic heterocycles. The van der Waals surface area contributed by atoms with Crippen LogP contribution in [0.5, 0.6) is 11.5 Å². The molecule has 1 heterocycles. The van der Waals surface area contributed by atoms with Crippen LogP contribution in [0.25, 0.3) is 11.1 Å². The van der Waals surface area contributed by atoms with Gasteiger partial charge in [0.25, 0.3) is 0 Å². The molecule has 0 bridgehead atoms. The molecular formula is C29H36N4O3. The number of carbonyl (C=O) groups is 1.